The number of carbonyl (C=O) groups is 3. The maximum atomic E-state index is 14.6. The molecule has 1 spiro atoms. The first-order valence-electron chi connectivity index (χ1n) is 13.6. The van der Waals surface area contributed by atoms with Gasteiger partial charge >= 0.3 is 5.97 Å². The molecule has 6 atom stereocenters. The summed E-state index contributed by atoms with van der Waals surface area (Å²) < 4.78 is 11.9. The number of ether oxygens (including phenoxy) is 2. The number of esters is 1. The molecule has 3 aliphatic rings. The molecule has 3 heterocycles. The Morgan fingerprint density at radius 2 is 1.95 bits per heavy atom. The summed E-state index contributed by atoms with van der Waals surface area (Å²) in [6.45, 7) is 10.6. The van der Waals surface area contributed by atoms with Crippen molar-refractivity contribution in [2.75, 3.05) is 31.2 Å². The average Bonchev–Trinajstić information content (AvgIpc) is 3.46. The number of fused-ring (bicyclic) bond motifs is 1. The van der Waals surface area contributed by atoms with Crippen molar-refractivity contribution < 1.29 is 29.0 Å². The number of benzene rings is 1. The molecule has 0 radical (unpaired) electrons. The van der Waals surface area contributed by atoms with Crippen molar-refractivity contribution in [2.45, 2.75) is 75.4 Å². The standard InChI is InChI=1S/C29H39BrN2O6/c1-5-14-31(23-18(3)12-11-13-19(23)4)27(35)25-29-17-20(30)24(38-29)21(28(36)37-6-2)22(29)26(34)32(25)15-9-7-8-10-16-33/h5,11-13,20-22,24-25,33H,1,6-10,14-17H2,2-4H3/t20?,21-,22+,24-,25?,29?/m1/s1. The van der Waals surface area contributed by atoms with Gasteiger partial charge in [0.15, 0.2) is 0 Å². The number of aliphatic hydroxyl groups excluding tert-OH is 1. The lowest BCUT2D eigenvalue weighted by Gasteiger charge is -2.37. The number of carbonyl (C=O) groups excluding carboxylic acids is 3. The molecule has 4 rings (SSSR count). The van der Waals surface area contributed by atoms with Gasteiger partial charge in [0.25, 0.3) is 5.91 Å². The van der Waals surface area contributed by atoms with Crippen LogP contribution in [0, 0.1) is 25.7 Å². The number of para-hydroxylation sites is 1. The molecule has 1 aromatic carbocycles. The summed E-state index contributed by atoms with van der Waals surface area (Å²) in [6, 6.07) is 5.02. The Morgan fingerprint density at radius 3 is 2.58 bits per heavy atom. The zero-order chi connectivity index (χ0) is 27.6. The average molecular weight is 592 g/mol. The Kier molecular flexibility index (Phi) is 9.00. The molecule has 9 heteroatoms. The van der Waals surface area contributed by atoms with Gasteiger partial charge < -0.3 is 24.4 Å². The molecule has 3 saturated heterocycles. The lowest BCUT2D eigenvalue weighted by molar-refractivity contribution is -0.154. The first-order chi connectivity index (χ1) is 18.2. The van der Waals surface area contributed by atoms with E-state index in [1.165, 1.54) is 0 Å². The van der Waals surface area contributed by atoms with Crippen LogP contribution in [0.25, 0.3) is 0 Å². The number of likely N-dealkylation sites (tertiary alicyclic amines) is 1. The van der Waals surface area contributed by atoms with E-state index in [1.54, 1.807) is 22.8 Å². The summed E-state index contributed by atoms with van der Waals surface area (Å²) in [5.74, 6) is -2.42. The third kappa shape index (κ3) is 4.82. The van der Waals surface area contributed by atoms with Gasteiger partial charge in [-0.1, -0.05) is 53.0 Å². The van der Waals surface area contributed by atoms with Crippen LogP contribution in [-0.4, -0.2) is 76.7 Å². The highest BCUT2D eigenvalue weighted by molar-refractivity contribution is 9.09. The van der Waals surface area contributed by atoms with Gasteiger partial charge in [0, 0.05) is 30.2 Å². The minimum absolute atomic E-state index is 0.129. The van der Waals surface area contributed by atoms with E-state index in [0.29, 0.717) is 25.8 Å². The van der Waals surface area contributed by atoms with E-state index in [2.05, 4.69) is 22.5 Å². The van der Waals surface area contributed by atoms with Gasteiger partial charge in [0.05, 0.1) is 24.5 Å². The maximum absolute atomic E-state index is 14.6. The fraction of sp³-hybridized carbons (Fsp3) is 0.621. The molecule has 1 N–H and O–H groups in total. The number of hydrogen-bond donors (Lipinski definition) is 1. The fourth-order valence-electron chi connectivity index (χ4n) is 6.70. The molecule has 3 fully saturated rings. The Balaban J connectivity index is 1.76. The van der Waals surface area contributed by atoms with Gasteiger partial charge in [0.1, 0.15) is 11.6 Å². The number of alkyl halides is 1. The van der Waals surface area contributed by atoms with Gasteiger partial charge in [-0.25, -0.2) is 0 Å². The molecular formula is C29H39BrN2O6. The first-order valence-corrected chi connectivity index (χ1v) is 14.5. The zero-order valence-corrected chi connectivity index (χ0v) is 24.1. The van der Waals surface area contributed by atoms with E-state index < -0.39 is 35.6 Å². The second kappa shape index (κ2) is 11.9. The van der Waals surface area contributed by atoms with Crippen LogP contribution in [0.1, 0.15) is 50.2 Å². The van der Waals surface area contributed by atoms with Crippen LogP contribution in [0.3, 0.4) is 0 Å². The third-order valence-corrected chi connectivity index (χ3v) is 9.02. The molecular weight excluding hydrogens is 552 g/mol. The molecule has 8 nitrogen and oxygen atoms in total. The summed E-state index contributed by atoms with van der Waals surface area (Å²) in [5, 5.41) is 9.14. The third-order valence-electron chi connectivity index (χ3n) is 8.18. The van der Waals surface area contributed by atoms with Crippen molar-refractivity contribution in [3.8, 4) is 0 Å². The van der Waals surface area contributed by atoms with Crippen molar-refractivity contribution in [1.82, 2.24) is 4.90 Å². The minimum atomic E-state index is -1.12. The van der Waals surface area contributed by atoms with E-state index in [4.69, 9.17) is 14.6 Å². The normalized spacial score (nSPS) is 29.4. The molecule has 2 amide bonds. The second-order valence-electron chi connectivity index (χ2n) is 10.6. The Morgan fingerprint density at radius 1 is 1.26 bits per heavy atom. The van der Waals surface area contributed by atoms with Gasteiger partial charge in [-0.2, -0.15) is 0 Å². The summed E-state index contributed by atoms with van der Waals surface area (Å²) in [6.07, 6.45) is 4.66. The molecule has 3 unspecified atom stereocenters. The van der Waals surface area contributed by atoms with Crippen LogP contribution in [0.15, 0.2) is 30.9 Å². The molecule has 0 aliphatic carbocycles. The van der Waals surface area contributed by atoms with Crippen LogP contribution in [0.5, 0.6) is 0 Å². The first kappa shape index (κ1) is 28.8. The lowest BCUT2D eigenvalue weighted by atomic mass is 9.70. The maximum Gasteiger partial charge on any atom is 0.312 e. The van der Waals surface area contributed by atoms with E-state index in [1.807, 2.05) is 32.0 Å². The van der Waals surface area contributed by atoms with Gasteiger partial charge in [0.2, 0.25) is 5.91 Å². The highest BCUT2D eigenvalue weighted by Gasteiger charge is 2.77. The fourth-order valence-corrected chi connectivity index (χ4v) is 7.65. The number of unbranched alkanes of at least 4 members (excludes halogenated alkanes) is 3. The number of nitrogens with zero attached hydrogens (tertiary/aromatic N) is 2. The van der Waals surface area contributed by atoms with Crippen molar-refractivity contribution in [3.63, 3.8) is 0 Å². The van der Waals surface area contributed by atoms with Crippen LogP contribution in [-0.2, 0) is 23.9 Å². The van der Waals surface area contributed by atoms with Crippen molar-refractivity contribution >= 4 is 39.4 Å². The van der Waals surface area contributed by atoms with Crippen LogP contribution < -0.4 is 4.90 Å². The highest BCUT2D eigenvalue weighted by atomic mass is 79.9. The highest BCUT2D eigenvalue weighted by Crippen LogP contribution is 2.60. The number of hydrogen-bond acceptors (Lipinski definition) is 6. The number of halogens is 1. The van der Waals surface area contributed by atoms with Gasteiger partial charge in [-0.05, 0) is 51.2 Å². The Hall–Kier alpha value is -2.23. The van der Waals surface area contributed by atoms with E-state index in [9.17, 15) is 14.4 Å². The molecule has 38 heavy (non-hydrogen) atoms. The van der Waals surface area contributed by atoms with E-state index in [0.717, 1.165) is 29.7 Å². The quantitative estimate of drug-likeness (QED) is 0.173. The number of amides is 2. The smallest absolute Gasteiger partial charge is 0.312 e. The van der Waals surface area contributed by atoms with E-state index in [-0.39, 0.29) is 36.4 Å². The Labute approximate surface area is 233 Å². The SMILES string of the molecule is C=CCN(C(=O)C1N(CCCCCCO)C(=O)[C@@H]2[C@@H](C(=O)OCC)[C@@H]3OC12CC3Br)c1c(C)cccc1C. The summed E-state index contributed by atoms with van der Waals surface area (Å²) in [4.78, 5) is 45.0. The predicted octanol–water partition coefficient (Wildman–Crippen LogP) is 3.69. The van der Waals surface area contributed by atoms with Gasteiger partial charge in [-0.3, -0.25) is 14.4 Å². The van der Waals surface area contributed by atoms with E-state index >= 15 is 0 Å². The topological polar surface area (TPSA) is 96.4 Å². The van der Waals surface area contributed by atoms with Crippen molar-refractivity contribution in [2.24, 2.45) is 11.8 Å². The second-order valence-corrected chi connectivity index (χ2v) is 11.7. The zero-order valence-electron chi connectivity index (χ0n) is 22.5. The molecule has 2 bridgehead atoms. The number of rotatable bonds is 12. The number of aryl methyl sites for hydroxylation is 2. The molecule has 0 saturated carbocycles. The minimum Gasteiger partial charge on any atom is -0.466 e. The monoisotopic (exact) mass is 590 g/mol. The summed E-state index contributed by atoms with van der Waals surface area (Å²) in [7, 11) is 0. The summed E-state index contributed by atoms with van der Waals surface area (Å²) in [5.41, 5.74) is 1.59. The number of anilines is 1. The van der Waals surface area contributed by atoms with Crippen LogP contribution in [0.2, 0.25) is 0 Å². The molecule has 0 aromatic heterocycles. The van der Waals surface area contributed by atoms with Crippen LogP contribution in [0.4, 0.5) is 5.69 Å². The van der Waals surface area contributed by atoms with Crippen molar-refractivity contribution in [3.05, 3.63) is 42.0 Å². The van der Waals surface area contributed by atoms with Gasteiger partial charge in [-0.15, -0.1) is 6.58 Å². The predicted molar refractivity (Wildman–Crippen MR) is 148 cm³/mol. The molecule has 208 valence electrons. The Bertz CT molecular complexity index is 1060. The largest absolute Gasteiger partial charge is 0.466 e. The molecule has 1 aromatic rings. The van der Waals surface area contributed by atoms with Crippen molar-refractivity contribution in [1.29, 1.82) is 0 Å². The lowest BCUT2D eigenvalue weighted by Crippen LogP contribution is -2.57. The number of aliphatic hydroxyl groups is 1. The molecule has 3 aliphatic heterocycles. The van der Waals surface area contributed by atoms with Crippen LogP contribution >= 0.6 is 15.9 Å². The summed E-state index contributed by atoms with van der Waals surface area (Å²) >= 11 is 3.69.